The predicted molar refractivity (Wildman–Crippen MR) is 127 cm³/mol. The van der Waals surface area contributed by atoms with Crippen LogP contribution in [0, 0.1) is 6.07 Å². The lowest BCUT2D eigenvalue weighted by Gasteiger charge is -2.10. The summed E-state index contributed by atoms with van der Waals surface area (Å²) in [6, 6.07) is 32.4. The molecule has 0 aliphatic heterocycles. The predicted octanol–water partition coefficient (Wildman–Crippen LogP) is 5.97. The van der Waals surface area contributed by atoms with Crippen molar-refractivity contribution in [2.24, 2.45) is 5.73 Å². The topological polar surface area (TPSA) is 48.0 Å². The molecule has 0 unspecified atom stereocenters. The molecular formula is C28H23N2O. The molecule has 0 bridgehead atoms. The van der Waals surface area contributed by atoms with Crippen LogP contribution in [0.15, 0.2) is 84.9 Å². The highest BCUT2D eigenvalue weighted by molar-refractivity contribution is 6.18. The van der Waals surface area contributed by atoms with E-state index in [2.05, 4.69) is 66.1 Å². The van der Waals surface area contributed by atoms with Gasteiger partial charge in [-0.15, -0.1) is 0 Å². The number of carbonyl (C=O) groups is 1. The summed E-state index contributed by atoms with van der Waals surface area (Å²) in [6.45, 7) is 2.87. The summed E-state index contributed by atoms with van der Waals surface area (Å²) in [4.78, 5) is 12.2. The summed E-state index contributed by atoms with van der Waals surface area (Å²) < 4.78 is 2.26. The first-order chi connectivity index (χ1) is 15.2. The van der Waals surface area contributed by atoms with Crippen LogP contribution in [-0.2, 0) is 13.0 Å². The molecule has 0 aliphatic rings. The van der Waals surface area contributed by atoms with Crippen molar-refractivity contribution in [2.75, 3.05) is 0 Å². The molecular weight excluding hydrogens is 380 g/mol. The van der Waals surface area contributed by atoms with E-state index in [1.807, 2.05) is 30.3 Å². The molecule has 0 atom stereocenters. The van der Waals surface area contributed by atoms with Gasteiger partial charge in [0.15, 0.2) is 0 Å². The molecule has 0 aliphatic carbocycles. The molecule has 1 radical (unpaired) electrons. The lowest BCUT2D eigenvalue weighted by atomic mass is 10.0. The molecule has 0 saturated heterocycles. The quantitative estimate of drug-likeness (QED) is 0.386. The van der Waals surface area contributed by atoms with Gasteiger partial charge in [0.05, 0.1) is 11.0 Å². The van der Waals surface area contributed by atoms with Gasteiger partial charge < -0.3 is 10.3 Å². The summed E-state index contributed by atoms with van der Waals surface area (Å²) in [5, 5.41) is 1.80. The summed E-state index contributed by atoms with van der Waals surface area (Å²) in [6.07, 6.45) is 1.02. The zero-order chi connectivity index (χ0) is 21.4. The Hall–Kier alpha value is -3.85. The summed E-state index contributed by atoms with van der Waals surface area (Å²) in [7, 11) is 0. The van der Waals surface area contributed by atoms with Crippen LogP contribution in [0.25, 0.3) is 32.9 Å². The number of nitrogens with two attached hydrogens (primary N) is 1. The van der Waals surface area contributed by atoms with Crippen molar-refractivity contribution >= 4 is 27.7 Å². The standard InChI is InChI=1S/C28H23N2O/c1-2-19-11-13-20(14-12-19)18-30-25-10-6-9-24(28(29)31)27(25)23-16-15-22(17-26(23)30)21-7-4-3-5-8-21/h3-15,17H,2,18H2,1H3,(H2,29,31). The Balaban J connectivity index is 1.76. The number of amides is 1. The van der Waals surface area contributed by atoms with Crippen molar-refractivity contribution < 1.29 is 4.79 Å². The number of primary amides is 1. The van der Waals surface area contributed by atoms with E-state index in [1.165, 1.54) is 11.1 Å². The molecule has 1 heterocycles. The largest absolute Gasteiger partial charge is 0.366 e. The highest BCUT2D eigenvalue weighted by atomic mass is 16.1. The minimum absolute atomic E-state index is 0.419. The van der Waals surface area contributed by atoms with E-state index in [-0.39, 0.29) is 0 Å². The van der Waals surface area contributed by atoms with Gasteiger partial charge in [0.2, 0.25) is 5.91 Å². The van der Waals surface area contributed by atoms with E-state index in [0.717, 1.165) is 39.4 Å². The molecule has 1 amide bonds. The zero-order valence-electron chi connectivity index (χ0n) is 17.4. The monoisotopic (exact) mass is 403 g/mol. The molecule has 0 fully saturated rings. The van der Waals surface area contributed by atoms with Crippen molar-refractivity contribution in [3.8, 4) is 11.1 Å². The number of nitrogens with zero attached hydrogens (tertiary/aromatic N) is 1. The fraction of sp³-hybridized carbons (Fsp3) is 0.107. The molecule has 5 rings (SSSR count). The first kappa shape index (κ1) is 19.1. The van der Waals surface area contributed by atoms with Crippen molar-refractivity contribution in [3.05, 3.63) is 108 Å². The highest BCUT2D eigenvalue weighted by Gasteiger charge is 2.17. The summed E-state index contributed by atoms with van der Waals surface area (Å²) in [5.41, 5.74) is 13.1. The molecule has 3 nitrogen and oxygen atoms in total. The second-order valence-corrected chi connectivity index (χ2v) is 7.83. The van der Waals surface area contributed by atoms with Gasteiger partial charge >= 0.3 is 0 Å². The van der Waals surface area contributed by atoms with Gasteiger partial charge in [-0.2, -0.15) is 0 Å². The van der Waals surface area contributed by atoms with Gasteiger partial charge in [-0.25, -0.2) is 0 Å². The Labute approximate surface area is 181 Å². The van der Waals surface area contributed by atoms with Crippen LogP contribution in [0.1, 0.15) is 28.4 Å². The van der Waals surface area contributed by atoms with Gasteiger partial charge in [0, 0.05) is 22.9 Å². The van der Waals surface area contributed by atoms with Crippen LogP contribution in [0.3, 0.4) is 0 Å². The van der Waals surface area contributed by atoms with Gasteiger partial charge in [0.25, 0.3) is 0 Å². The molecule has 151 valence electrons. The molecule has 5 aromatic rings. The second-order valence-electron chi connectivity index (χ2n) is 7.83. The number of aryl methyl sites for hydroxylation is 1. The third kappa shape index (κ3) is 3.38. The third-order valence-electron chi connectivity index (χ3n) is 5.94. The Morgan fingerprint density at radius 2 is 1.61 bits per heavy atom. The van der Waals surface area contributed by atoms with Crippen LogP contribution in [0.5, 0.6) is 0 Å². The SMILES string of the molecule is CCc1ccc(Cn2c3cc(-c4ccccc4)c[c]c3c3c(C(N)=O)cccc32)cc1. The van der Waals surface area contributed by atoms with Gasteiger partial charge in [-0.05, 0) is 59.0 Å². The van der Waals surface area contributed by atoms with Gasteiger partial charge in [0.1, 0.15) is 0 Å². The molecule has 0 spiro atoms. The maximum Gasteiger partial charge on any atom is 0.249 e. The first-order valence-corrected chi connectivity index (χ1v) is 10.6. The normalized spacial score (nSPS) is 11.3. The first-order valence-electron chi connectivity index (χ1n) is 10.6. The average Bonchev–Trinajstić information content (AvgIpc) is 3.13. The van der Waals surface area contributed by atoms with Crippen LogP contribution in [-0.4, -0.2) is 10.5 Å². The van der Waals surface area contributed by atoms with E-state index in [4.69, 9.17) is 5.73 Å². The van der Waals surface area contributed by atoms with E-state index in [1.54, 1.807) is 6.07 Å². The van der Waals surface area contributed by atoms with E-state index in [0.29, 0.717) is 12.1 Å². The lowest BCUT2D eigenvalue weighted by Crippen LogP contribution is -2.11. The molecule has 0 saturated carbocycles. The van der Waals surface area contributed by atoms with Crippen LogP contribution >= 0.6 is 0 Å². The van der Waals surface area contributed by atoms with Crippen molar-refractivity contribution in [1.29, 1.82) is 0 Å². The maximum absolute atomic E-state index is 12.2. The van der Waals surface area contributed by atoms with Crippen LogP contribution in [0.2, 0.25) is 0 Å². The van der Waals surface area contributed by atoms with Crippen LogP contribution in [0.4, 0.5) is 0 Å². The van der Waals surface area contributed by atoms with Crippen molar-refractivity contribution in [3.63, 3.8) is 0 Å². The molecule has 3 heteroatoms. The molecule has 2 N–H and O–H groups in total. The summed E-state index contributed by atoms with van der Waals surface area (Å²) >= 11 is 0. The number of carbonyl (C=O) groups excluding carboxylic acids is 1. The van der Waals surface area contributed by atoms with E-state index < -0.39 is 5.91 Å². The Morgan fingerprint density at radius 3 is 2.32 bits per heavy atom. The molecule has 1 aromatic heterocycles. The number of hydrogen-bond donors (Lipinski definition) is 1. The van der Waals surface area contributed by atoms with E-state index >= 15 is 0 Å². The van der Waals surface area contributed by atoms with Crippen molar-refractivity contribution in [1.82, 2.24) is 4.57 Å². The summed E-state index contributed by atoms with van der Waals surface area (Å²) in [5.74, 6) is -0.419. The third-order valence-corrected chi connectivity index (χ3v) is 5.94. The Bertz CT molecular complexity index is 1400. The maximum atomic E-state index is 12.2. The fourth-order valence-corrected chi connectivity index (χ4v) is 4.29. The Kier molecular flexibility index (Phi) is 4.79. The smallest absolute Gasteiger partial charge is 0.249 e. The second kappa shape index (κ2) is 7.77. The minimum atomic E-state index is -0.419. The Morgan fingerprint density at radius 1 is 0.871 bits per heavy atom. The van der Waals surface area contributed by atoms with Crippen molar-refractivity contribution in [2.45, 2.75) is 19.9 Å². The zero-order valence-corrected chi connectivity index (χ0v) is 17.4. The van der Waals surface area contributed by atoms with Gasteiger partial charge in [-0.3, -0.25) is 4.79 Å². The van der Waals surface area contributed by atoms with Gasteiger partial charge in [-0.1, -0.05) is 67.6 Å². The molecule has 31 heavy (non-hydrogen) atoms. The number of rotatable bonds is 5. The minimum Gasteiger partial charge on any atom is -0.366 e. The van der Waals surface area contributed by atoms with E-state index in [9.17, 15) is 4.79 Å². The average molecular weight is 404 g/mol. The lowest BCUT2D eigenvalue weighted by molar-refractivity contribution is 0.100. The number of fused-ring (bicyclic) bond motifs is 3. The number of hydrogen-bond acceptors (Lipinski definition) is 1. The molecule has 4 aromatic carbocycles. The van der Waals surface area contributed by atoms with Crippen LogP contribution < -0.4 is 5.73 Å². The number of benzene rings is 4. The number of aromatic nitrogens is 1. The fourth-order valence-electron chi connectivity index (χ4n) is 4.29. The highest BCUT2D eigenvalue weighted by Crippen LogP contribution is 2.34.